The van der Waals surface area contributed by atoms with Crippen molar-refractivity contribution in [3.05, 3.63) is 12.2 Å². The summed E-state index contributed by atoms with van der Waals surface area (Å²) in [5, 5.41) is 3.52. The van der Waals surface area contributed by atoms with Gasteiger partial charge in [-0.3, -0.25) is 4.90 Å². The Bertz CT molecular complexity index is 195. The van der Waals surface area contributed by atoms with E-state index in [4.69, 9.17) is 0 Å². The van der Waals surface area contributed by atoms with Crippen molar-refractivity contribution in [1.29, 1.82) is 0 Å². The van der Waals surface area contributed by atoms with Gasteiger partial charge in [0.15, 0.2) is 0 Å². The lowest BCUT2D eigenvalue weighted by molar-refractivity contribution is 0.240. The quantitative estimate of drug-likeness (QED) is 0.619. The molecule has 1 aliphatic carbocycles. The molecule has 0 aromatic rings. The topological polar surface area (TPSA) is 15.3 Å². The lowest BCUT2D eigenvalue weighted by atomic mass is 10.2. The van der Waals surface area contributed by atoms with E-state index < -0.39 is 0 Å². The van der Waals surface area contributed by atoms with Crippen LogP contribution in [0.1, 0.15) is 40.0 Å². The molecule has 0 aliphatic heterocycles. The second-order valence-corrected chi connectivity index (χ2v) is 4.97. The average molecular weight is 210 g/mol. The standard InChI is InChI=1S/C13H26N2/c1-5-8-15(11(2)3)10-12(4)9-14-13-6-7-13/h11,13-14H,4-10H2,1-3H3. The smallest absolute Gasteiger partial charge is 0.0205 e. The van der Waals surface area contributed by atoms with Crippen molar-refractivity contribution in [2.75, 3.05) is 19.6 Å². The van der Waals surface area contributed by atoms with Gasteiger partial charge in [-0.05, 0) is 45.2 Å². The molecule has 0 aromatic heterocycles. The molecule has 2 nitrogen and oxygen atoms in total. The first-order valence-electron chi connectivity index (χ1n) is 6.27. The van der Waals surface area contributed by atoms with Gasteiger partial charge in [-0.1, -0.05) is 13.5 Å². The fourth-order valence-corrected chi connectivity index (χ4v) is 1.73. The highest BCUT2D eigenvalue weighted by Crippen LogP contribution is 2.18. The van der Waals surface area contributed by atoms with Gasteiger partial charge in [0.05, 0.1) is 0 Å². The van der Waals surface area contributed by atoms with Crippen molar-refractivity contribution in [3.63, 3.8) is 0 Å². The van der Waals surface area contributed by atoms with Gasteiger partial charge in [0.1, 0.15) is 0 Å². The molecule has 0 saturated heterocycles. The molecule has 1 aliphatic rings. The maximum atomic E-state index is 4.15. The molecule has 1 fully saturated rings. The molecule has 1 N–H and O–H groups in total. The first-order chi connectivity index (χ1) is 7.13. The Morgan fingerprint density at radius 3 is 2.60 bits per heavy atom. The molecule has 0 spiro atoms. The van der Waals surface area contributed by atoms with Gasteiger partial charge < -0.3 is 5.32 Å². The minimum atomic E-state index is 0.627. The van der Waals surface area contributed by atoms with Crippen LogP contribution in [0.25, 0.3) is 0 Å². The third-order valence-electron chi connectivity index (χ3n) is 2.89. The molecular weight excluding hydrogens is 184 g/mol. The third kappa shape index (κ3) is 5.33. The van der Waals surface area contributed by atoms with E-state index in [9.17, 15) is 0 Å². The van der Waals surface area contributed by atoms with Crippen LogP contribution in [0.4, 0.5) is 0 Å². The Kier molecular flexibility index (Phi) is 5.34. The van der Waals surface area contributed by atoms with Gasteiger partial charge in [-0.2, -0.15) is 0 Å². The zero-order valence-corrected chi connectivity index (χ0v) is 10.6. The van der Waals surface area contributed by atoms with Crippen molar-refractivity contribution in [2.24, 2.45) is 0 Å². The number of nitrogens with one attached hydrogen (secondary N) is 1. The van der Waals surface area contributed by atoms with Crippen LogP contribution in [0, 0.1) is 0 Å². The second-order valence-electron chi connectivity index (χ2n) is 4.97. The summed E-state index contributed by atoms with van der Waals surface area (Å²) < 4.78 is 0. The summed E-state index contributed by atoms with van der Waals surface area (Å²) >= 11 is 0. The predicted molar refractivity (Wildman–Crippen MR) is 67.2 cm³/mol. The van der Waals surface area contributed by atoms with Crippen molar-refractivity contribution in [2.45, 2.75) is 52.1 Å². The van der Waals surface area contributed by atoms with E-state index in [1.165, 1.54) is 31.4 Å². The fourth-order valence-electron chi connectivity index (χ4n) is 1.73. The fraction of sp³-hybridized carbons (Fsp3) is 0.846. The summed E-state index contributed by atoms with van der Waals surface area (Å²) in [7, 11) is 0. The molecule has 1 rings (SSSR count). The van der Waals surface area contributed by atoms with Crippen molar-refractivity contribution in [3.8, 4) is 0 Å². The summed E-state index contributed by atoms with van der Waals surface area (Å²) in [6, 6.07) is 1.42. The van der Waals surface area contributed by atoms with Gasteiger partial charge in [-0.25, -0.2) is 0 Å². The molecule has 0 unspecified atom stereocenters. The molecular formula is C13H26N2. The number of hydrogen-bond donors (Lipinski definition) is 1. The number of rotatable bonds is 8. The Morgan fingerprint density at radius 1 is 1.47 bits per heavy atom. The Labute approximate surface area is 94.7 Å². The molecule has 15 heavy (non-hydrogen) atoms. The summed E-state index contributed by atoms with van der Waals surface area (Å²) in [4.78, 5) is 2.50. The Balaban J connectivity index is 2.19. The van der Waals surface area contributed by atoms with Crippen LogP contribution in [0.5, 0.6) is 0 Å². The number of nitrogens with zero attached hydrogens (tertiary/aromatic N) is 1. The zero-order valence-electron chi connectivity index (χ0n) is 10.6. The summed E-state index contributed by atoms with van der Waals surface area (Å²) in [5.41, 5.74) is 1.32. The van der Waals surface area contributed by atoms with Gasteiger partial charge in [-0.15, -0.1) is 0 Å². The maximum Gasteiger partial charge on any atom is 0.0205 e. The summed E-state index contributed by atoms with van der Waals surface area (Å²) in [6.45, 7) is 14.1. The van der Waals surface area contributed by atoms with Crippen molar-refractivity contribution >= 4 is 0 Å². The van der Waals surface area contributed by atoms with Crippen LogP contribution in [-0.2, 0) is 0 Å². The lowest BCUT2D eigenvalue weighted by Crippen LogP contribution is -2.35. The second kappa shape index (κ2) is 6.29. The van der Waals surface area contributed by atoms with E-state index in [1.807, 2.05) is 0 Å². The summed E-state index contributed by atoms with van der Waals surface area (Å²) in [6.07, 6.45) is 3.94. The van der Waals surface area contributed by atoms with E-state index >= 15 is 0 Å². The molecule has 0 atom stereocenters. The zero-order chi connectivity index (χ0) is 11.3. The highest BCUT2D eigenvalue weighted by molar-refractivity contribution is 5.02. The molecule has 0 radical (unpaired) electrons. The molecule has 0 bridgehead atoms. The number of hydrogen-bond acceptors (Lipinski definition) is 2. The van der Waals surface area contributed by atoms with Gasteiger partial charge >= 0.3 is 0 Å². The molecule has 0 aromatic carbocycles. The van der Waals surface area contributed by atoms with Crippen LogP contribution in [0.15, 0.2) is 12.2 Å². The maximum absolute atomic E-state index is 4.15. The van der Waals surface area contributed by atoms with E-state index in [2.05, 4.69) is 37.6 Å². The van der Waals surface area contributed by atoms with Crippen molar-refractivity contribution < 1.29 is 0 Å². The van der Waals surface area contributed by atoms with Crippen LogP contribution < -0.4 is 5.32 Å². The highest BCUT2D eigenvalue weighted by atomic mass is 15.1. The minimum absolute atomic E-state index is 0.627. The van der Waals surface area contributed by atoms with Crippen LogP contribution >= 0.6 is 0 Å². The van der Waals surface area contributed by atoms with Crippen LogP contribution in [0.2, 0.25) is 0 Å². The van der Waals surface area contributed by atoms with E-state index in [-0.39, 0.29) is 0 Å². The predicted octanol–water partition coefficient (Wildman–Crippen LogP) is 2.42. The SMILES string of the molecule is C=C(CNC1CC1)CN(CCC)C(C)C. The Hall–Kier alpha value is -0.340. The van der Waals surface area contributed by atoms with Crippen LogP contribution in [0.3, 0.4) is 0 Å². The van der Waals surface area contributed by atoms with Gasteiger partial charge in [0.2, 0.25) is 0 Å². The van der Waals surface area contributed by atoms with E-state index in [1.54, 1.807) is 0 Å². The average Bonchev–Trinajstić information content (AvgIpc) is 2.97. The molecule has 88 valence electrons. The van der Waals surface area contributed by atoms with Crippen LogP contribution in [-0.4, -0.2) is 36.6 Å². The first-order valence-corrected chi connectivity index (χ1v) is 6.27. The van der Waals surface area contributed by atoms with Gasteiger partial charge in [0, 0.05) is 25.2 Å². The Morgan fingerprint density at radius 2 is 2.13 bits per heavy atom. The molecule has 0 heterocycles. The van der Waals surface area contributed by atoms with Gasteiger partial charge in [0.25, 0.3) is 0 Å². The largest absolute Gasteiger partial charge is 0.310 e. The molecule has 2 heteroatoms. The normalized spacial score (nSPS) is 16.3. The minimum Gasteiger partial charge on any atom is -0.310 e. The monoisotopic (exact) mass is 210 g/mol. The molecule has 1 saturated carbocycles. The first kappa shape index (κ1) is 12.7. The lowest BCUT2D eigenvalue weighted by Gasteiger charge is -2.26. The van der Waals surface area contributed by atoms with E-state index in [0.717, 1.165) is 19.1 Å². The highest BCUT2D eigenvalue weighted by Gasteiger charge is 2.20. The summed E-state index contributed by atoms with van der Waals surface area (Å²) in [5.74, 6) is 0. The third-order valence-corrected chi connectivity index (χ3v) is 2.89. The molecule has 0 amide bonds. The van der Waals surface area contributed by atoms with E-state index in [0.29, 0.717) is 6.04 Å². The van der Waals surface area contributed by atoms with Crippen molar-refractivity contribution in [1.82, 2.24) is 10.2 Å².